The second-order valence-electron chi connectivity index (χ2n) is 3.09. The Hall–Kier alpha value is -1.02. The van der Waals surface area contributed by atoms with Gasteiger partial charge in [0.05, 0.1) is 6.61 Å². The van der Waals surface area contributed by atoms with Crippen LogP contribution < -0.4 is 5.32 Å². The van der Waals surface area contributed by atoms with E-state index in [4.69, 9.17) is 10.2 Å². The van der Waals surface area contributed by atoms with Gasteiger partial charge in [-0.1, -0.05) is 0 Å². The molecule has 0 bridgehead atoms. The van der Waals surface area contributed by atoms with Crippen LogP contribution in [0.4, 0.5) is 0 Å². The average molecular weight is 222 g/mol. The summed E-state index contributed by atoms with van der Waals surface area (Å²) in [6.45, 7) is 0.377. The number of amides is 1. The van der Waals surface area contributed by atoms with Crippen LogP contribution in [0.5, 0.6) is 0 Å². The minimum absolute atomic E-state index is 0.235. The molecule has 0 radical (unpaired) electrons. The quantitative estimate of drug-likeness (QED) is 0.237. The highest BCUT2D eigenvalue weighted by molar-refractivity contribution is 5.77. The predicted octanol–water partition coefficient (Wildman–Crippen LogP) is -3.23. The third-order valence-electron chi connectivity index (χ3n) is 1.82. The van der Waals surface area contributed by atoms with Crippen molar-refractivity contribution < 1.29 is 30.0 Å². The van der Waals surface area contributed by atoms with Crippen molar-refractivity contribution in [1.82, 2.24) is 5.32 Å². The van der Waals surface area contributed by atoms with Crippen molar-refractivity contribution >= 4 is 12.2 Å². The molecule has 1 amide bonds. The van der Waals surface area contributed by atoms with Crippen LogP contribution in [0.15, 0.2) is 0 Å². The molecule has 0 spiro atoms. The van der Waals surface area contributed by atoms with Crippen LogP contribution in [0.25, 0.3) is 0 Å². The average Bonchev–Trinajstić information content (AvgIpc) is 2.22. The van der Waals surface area contributed by atoms with Crippen molar-refractivity contribution in [3.63, 3.8) is 0 Å². The predicted molar refractivity (Wildman–Crippen MR) is 48.8 cm³/mol. The fraction of sp³-hybridized carbons (Fsp3) is 0.750. The number of carbonyl (C=O) groups is 2. The van der Waals surface area contributed by atoms with Crippen LogP contribution in [0, 0.1) is 0 Å². The van der Waals surface area contributed by atoms with Gasteiger partial charge in [0.15, 0.2) is 0 Å². The van der Waals surface area contributed by atoms with Crippen LogP contribution in [0.3, 0.4) is 0 Å². The Morgan fingerprint density at radius 1 is 1.33 bits per heavy atom. The Kier molecular flexibility index (Phi) is 6.02. The highest BCUT2D eigenvalue weighted by Crippen LogP contribution is 2.03. The van der Waals surface area contributed by atoms with Gasteiger partial charge in [-0.15, -0.1) is 0 Å². The number of aliphatic hydroxyl groups excluding tert-OH is 4. The number of carbonyl (C=O) groups excluding carboxylic acids is 2. The first-order chi connectivity index (χ1) is 6.93. The van der Waals surface area contributed by atoms with Crippen molar-refractivity contribution in [2.45, 2.75) is 31.3 Å². The number of hydrogen-bond acceptors (Lipinski definition) is 6. The molecule has 0 rings (SSSR count). The lowest BCUT2D eigenvalue weighted by Crippen LogP contribution is -2.53. The first kappa shape index (κ1) is 14.0. The lowest BCUT2D eigenvalue weighted by atomic mass is 10.0. The molecular weight excluding hydrogens is 207 g/mol. The van der Waals surface area contributed by atoms with E-state index in [0.29, 0.717) is 0 Å². The molecule has 0 aromatic rings. The highest BCUT2D eigenvalue weighted by Gasteiger charge is 2.31. The van der Waals surface area contributed by atoms with Crippen molar-refractivity contribution in [3.05, 3.63) is 0 Å². The van der Waals surface area contributed by atoms with Gasteiger partial charge in [0.1, 0.15) is 30.6 Å². The van der Waals surface area contributed by atoms with E-state index in [1.54, 1.807) is 0 Å². The molecule has 7 heteroatoms. The van der Waals surface area contributed by atoms with Gasteiger partial charge in [0.2, 0.25) is 5.91 Å². The van der Waals surface area contributed by atoms with Crippen molar-refractivity contribution in [1.29, 1.82) is 0 Å². The monoisotopic (exact) mass is 222 g/mol. The molecule has 0 heterocycles. The number of hydrogen-bond donors (Lipinski definition) is 5. The summed E-state index contributed by atoms with van der Waals surface area (Å²) in [4.78, 5) is 21.1. The molecule has 0 aliphatic carbocycles. The van der Waals surface area contributed by atoms with Gasteiger partial charge in [0.25, 0.3) is 0 Å². The summed E-state index contributed by atoms with van der Waals surface area (Å²) in [5, 5.41) is 38.2. The molecule has 0 aliphatic rings. The zero-order valence-corrected chi connectivity index (χ0v) is 8.20. The van der Waals surface area contributed by atoms with E-state index >= 15 is 0 Å². The summed E-state index contributed by atoms with van der Waals surface area (Å²) in [7, 11) is 0. The number of aldehydes is 1. The Bertz CT molecular complexity index is 221. The molecule has 15 heavy (non-hydrogen) atoms. The third-order valence-corrected chi connectivity index (χ3v) is 1.82. The second-order valence-corrected chi connectivity index (χ2v) is 3.09. The Morgan fingerprint density at radius 2 is 1.87 bits per heavy atom. The summed E-state index contributed by atoms with van der Waals surface area (Å²) in [6.07, 6.45) is -4.72. The first-order valence-corrected chi connectivity index (χ1v) is 4.31. The lowest BCUT2D eigenvalue weighted by Gasteiger charge is -2.25. The SMILES string of the molecule is CC(=O)N[C@@H](C=O)[C@@H](O)[C@H](O)[C@H](O)[13CH2]O. The van der Waals surface area contributed by atoms with Crippen molar-refractivity contribution in [2.75, 3.05) is 6.61 Å². The largest absolute Gasteiger partial charge is 0.394 e. The summed E-state index contributed by atoms with van der Waals surface area (Å²) < 4.78 is 0. The molecule has 0 saturated heterocycles. The van der Waals surface area contributed by atoms with Crippen molar-refractivity contribution in [3.8, 4) is 0 Å². The maximum absolute atomic E-state index is 10.6. The molecule has 7 nitrogen and oxygen atoms in total. The van der Waals surface area contributed by atoms with Gasteiger partial charge in [-0.2, -0.15) is 0 Å². The zero-order chi connectivity index (χ0) is 12.0. The van der Waals surface area contributed by atoms with Gasteiger partial charge < -0.3 is 30.5 Å². The maximum Gasteiger partial charge on any atom is 0.217 e. The van der Waals surface area contributed by atoms with Gasteiger partial charge in [-0.3, -0.25) is 4.79 Å². The van der Waals surface area contributed by atoms with Crippen LogP contribution in [0.1, 0.15) is 6.92 Å². The van der Waals surface area contributed by atoms with E-state index in [1.807, 2.05) is 0 Å². The smallest absolute Gasteiger partial charge is 0.217 e. The number of nitrogens with one attached hydrogen (secondary N) is 1. The molecule has 0 aliphatic heterocycles. The van der Waals surface area contributed by atoms with Gasteiger partial charge in [0, 0.05) is 6.92 Å². The topological polar surface area (TPSA) is 127 Å². The molecular formula is C8H15NO6. The first-order valence-electron chi connectivity index (χ1n) is 4.31. The Labute approximate surface area is 86.3 Å². The number of rotatable bonds is 6. The van der Waals surface area contributed by atoms with Crippen LogP contribution in [-0.2, 0) is 9.59 Å². The fourth-order valence-corrected chi connectivity index (χ4v) is 0.983. The van der Waals surface area contributed by atoms with Gasteiger partial charge in [-0.25, -0.2) is 0 Å². The van der Waals surface area contributed by atoms with Gasteiger partial charge in [-0.05, 0) is 0 Å². The molecule has 0 aromatic heterocycles. The minimum atomic E-state index is -1.71. The molecule has 5 N–H and O–H groups in total. The minimum Gasteiger partial charge on any atom is -0.394 e. The third kappa shape index (κ3) is 4.34. The van der Waals surface area contributed by atoms with E-state index in [-0.39, 0.29) is 6.29 Å². The second kappa shape index (κ2) is 6.46. The fourth-order valence-electron chi connectivity index (χ4n) is 0.983. The Morgan fingerprint density at radius 3 is 2.20 bits per heavy atom. The van der Waals surface area contributed by atoms with Crippen LogP contribution >= 0.6 is 0 Å². The maximum atomic E-state index is 10.6. The molecule has 4 atom stereocenters. The summed E-state index contributed by atoms with van der Waals surface area (Å²) in [6, 6.07) is -1.32. The lowest BCUT2D eigenvalue weighted by molar-refractivity contribution is -0.129. The summed E-state index contributed by atoms with van der Waals surface area (Å²) in [5.74, 6) is -0.558. The Balaban J connectivity index is 4.42. The molecule has 88 valence electrons. The zero-order valence-electron chi connectivity index (χ0n) is 8.20. The molecule has 0 fully saturated rings. The van der Waals surface area contributed by atoms with Crippen molar-refractivity contribution in [2.24, 2.45) is 0 Å². The van der Waals surface area contributed by atoms with E-state index < -0.39 is 36.9 Å². The summed E-state index contributed by atoms with van der Waals surface area (Å²) in [5.41, 5.74) is 0. The summed E-state index contributed by atoms with van der Waals surface area (Å²) >= 11 is 0. The highest BCUT2D eigenvalue weighted by atomic mass is 16.4. The van der Waals surface area contributed by atoms with Gasteiger partial charge >= 0.3 is 0 Å². The molecule has 0 saturated carbocycles. The normalized spacial score (nSPS) is 18.7. The van der Waals surface area contributed by atoms with Crippen LogP contribution in [0.2, 0.25) is 0 Å². The van der Waals surface area contributed by atoms with E-state index in [9.17, 15) is 19.8 Å². The molecule has 0 aromatic carbocycles. The standard InChI is InChI=1S/C8H15NO6/c1-4(12)9-5(2-10)7(14)8(15)6(13)3-11/h2,5-8,11,13-15H,3H2,1H3,(H,9,12)/t5-,6+,7+,8+/m0/s1/i3+1. The number of aliphatic hydroxyl groups is 4. The molecule has 0 unspecified atom stereocenters. The van der Waals surface area contributed by atoms with E-state index in [1.165, 1.54) is 0 Å². The van der Waals surface area contributed by atoms with E-state index in [0.717, 1.165) is 6.92 Å². The van der Waals surface area contributed by atoms with E-state index in [2.05, 4.69) is 5.32 Å². The van der Waals surface area contributed by atoms with Crippen LogP contribution in [-0.4, -0.2) is 63.6 Å².